The Morgan fingerprint density at radius 2 is 1.88 bits per heavy atom. The van der Waals surface area contributed by atoms with Gasteiger partial charge in [0, 0.05) is 25.4 Å². The zero-order valence-electron chi connectivity index (χ0n) is 13.6. The fourth-order valence-corrected chi connectivity index (χ4v) is 3.04. The van der Waals surface area contributed by atoms with Crippen molar-refractivity contribution in [1.29, 1.82) is 0 Å². The van der Waals surface area contributed by atoms with Crippen molar-refractivity contribution in [3.8, 4) is 0 Å². The fourth-order valence-electron chi connectivity index (χ4n) is 2.66. The Labute approximate surface area is 156 Å². The van der Waals surface area contributed by atoms with Crippen molar-refractivity contribution in [2.45, 2.75) is 13.0 Å². The number of hydrogen-bond acceptors (Lipinski definition) is 3. The molecule has 25 heavy (non-hydrogen) atoms. The minimum absolute atomic E-state index is 0.352. The van der Waals surface area contributed by atoms with Gasteiger partial charge in [-0.3, -0.25) is 0 Å². The largest absolute Gasteiger partial charge is 0.465 e. The highest BCUT2D eigenvalue weighted by Crippen LogP contribution is 2.27. The highest BCUT2D eigenvalue weighted by molar-refractivity contribution is 6.42. The number of carbonyl (C=O) groups is 1. The summed E-state index contributed by atoms with van der Waals surface area (Å²) in [6.07, 6.45) is 4.16. The summed E-state index contributed by atoms with van der Waals surface area (Å²) < 4.78 is 6.84. The van der Waals surface area contributed by atoms with Crippen LogP contribution in [0.2, 0.25) is 10.0 Å². The molecule has 0 N–H and O–H groups in total. The number of hydrogen-bond donors (Lipinski definition) is 0. The molecule has 0 spiro atoms. The highest BCUT2D eigenvalue weighted by Gasteiger charge is 2.14. The van der Waals surface area contributed by atoms with E-state index in [4.69, 9.17) is 27.9 Å². The van der Waals surface area contributed by atoms with Crippen LogP contribution in [0.15, 0.2) is 54.9 Å². The third-order valence-corrected chi connectivity index (χ3v) is 4.80. The molecule has 0 atom stereocenters. The Hall–Kier alpha value is -2.30. The number of nitrogens with zero attached hydrogens (tertiary/aromatic N) is 2. The Morgan fingerprint density at radius 1 is 1.12 bits per heavy atom. The number of carbonyl (C=O) groups excluding carboxylic acids is 1. The SMILES string of the molecule is COC(=O)c1ccccc1Cn1ccnc1Cc1cccc(Cl)c1Cl. The second kappa shape index (κ2) is 7.72. The van der Waals surface area contributed by atoms with E-state index < -0.39 is 0 Å². The van der Waals surface area contributed by atoms with Crippen molar-refractivity contribution >= 4 is 29.2 Å². The number of halogens is 2. The van der Waals surface area contributed by atoms with E-state index in [2.05, 4.69) is 4.98 Å². The molecule has 128 valence electrons. The fraction of sp³-hybridized carbons (Fsp3) is 0.158. The van der Waals surface area contributed by atoms with E-state index in [1.165, 1.54) is 7.11 Å². The van der Waals surface area contributed by atoms with Gasteiger partial charge in [0.25, 0.3) is 0 Å². The van der Waals surface area contributed by atoms with E-state index in [-0.39, 0.29) is 5.97 Å². The molecule has 0 amide bonds. The summed E-state index contributed by atoms with van der Waals surface area (Å²) in [5.74, 6) is 0.485. The zero-order chi connectivity index (χ0) is 17.8. The second-order valence-electron chi connectivity index (χ2n) is 5.51. The van der Waals surface area contributed by atoms with Crippen LogP contribution in [0.1, 0.15) is 27.3 Å². The van der Waals surface area contributed by atoms with Crippen molar-refractivity contribution in [3.05, 3.63) is 87.4 Å². The lowest BCUT2D eigenvalue weighted by molar-refractivity contribution is 0.0599. The molecule has 0 aliphatic rings. The smallest absolute Gasteiger partial charge is 0.338 e. The van der Waals surface area contributed by atoms with Crippen LogP contribution in [0.5, 0.6) is 0 Å². The molecule has 1 heterocycles. The van der Waals surface area contributed by atoms with Crippen LogP contribution < -0.4 is 0 Å². The number of aromatic nitrogens is 2. The highest BCUT2D eigenvalue weighted by atomic mass is 35.5. The molecule has 3 aromatic rings. The van der Waals surface area contributed by atoms with E-state index >= 15 is 0 Å². The van der Waals surface area contributed by atoms with Crippen LogP contribution in [0.4, 0.5) is 0 Å². The molecule has 0 bridgehead atoms. The van der Waals surface area contributed by atoms with Crippen LogP contribution >= 0.6 is 23.2 Å². The van der Waals surface area contributed by atoms with Gasteiger partial charge in [-0.05, 0) is 23.3 Å². The molecule has 0 radical (unpaired) electrons. The molecular weight excluding hydrogens is 359 g/mol. The molecule has 1 aromatic heterocycles. The van der Waals surface area contributed by atoms with E-state index in [9.17, 15) is 4.79 Å². The molecule has 6 heteroatoms. The maximum Gasteiger partial charge on any atom is 0.338 e. The first kappa shape index (κ1) is 17.5. The lowest BCUT2D eigenvalue weighted by Gasteiger charge is -2.12. The third-order valence-electron chi connectivity index (χ3n) is 3.95. The predicted octanol–water partition coefficient (Wildman–Crippen LogP) is 4.62. The van der Waals surface area contributed by atoms with Gasteiger partial charge < -0.3 is 9.30 Å². The van der Waals surface area contributed by atoms with Gasteiger partial charge in [0.15, 0.2) is 0 Å². The van der Waals surface area contributed by atoms with Crippen molar-refractivity contribution in [2.75, 3.05) is 7.11 Å². The average molecular weight is 375 g/mol. The minimum atomic E-state index is -0.352. The first-order valence-corrected chi connectivity index (χ1v) is 8.45. The number of imidazole rings is 1. The van der Waals surface area contributed by atoms with E-state index in [0.29, 0.717) is 28.6 Å². The number of esters is 1. The van der Waals surface area contributed by atoms with Crippen molar-refractivity contribution < 1.29 is 9.53 Å². The second-order valence-corrected chi connectivity index (χ2v) is 6.29. The Balaban J connectivity index is 1.88. The number of rotatable bonds is 5. The number of benzene rings is 2. The van der Waals surface area contributed by atoms with Gasteiger partial charge in [0.1, 0.15) is 5.82 Å². The van der Waals surface area contributed by atoms with E-state index in [1.54, 1.807) is 18.3 Å². The molecule has 2 aromatic carbocycles. The van der Waals surface area contributed by atoms with Crippen LogP contribution in [0.3, 0.4) is 0 Å². The van der Waals surface area contributed by atoms with Gasteiger partial charge in [-0.25, -0.2) is 9.78 Å². The van der Waals surface area contributed by atoms with Gasteiger partial charge in [-0.15, -0.1) is 0 Å². The summed E-state index contributed by atoms with van der Waals surface area (Å²) in [6.45, 7) is 0.513. The van der Waals surface area contributed by atoms with E-state index in [1.807, 2.05) is 41.1 Å². The van der Waals surface area contributed by atoms with Gasteiger partial charge in [-0.2, -0.15) is 0 Å². The predicted molar refractivity (Wildman–Crippen MR) is 98.4 cm³/mol. The van der Waals surface area contributed by atoms with Gasteiger partial charge in [0.05, 0.1) is 22.7 Å². The third kappa shape index (κ3) is 3.86. The minimum Gasteiger partial charge on any atom is -0.465 e. The van der Waals surface area contributed by atoms with Gasteiger partial charge in [0.2, 0.25) is 0 Å². The Kier molecular flexibility index (Phi) is 5.41. The summed E-state index contributed by atoms with van der Waals surface area (Å²) >= 11 is 12.4. The van der Waals surface area contributed by atoms with Gasteiger partial charge >= 0.3 is 5.97 Å². The first-order chi connectivity index (χ1) is 12.1. The summed E-state index contributed by atoms with van der Waals surface area (Å²) in [7, 11) is 1.38. The van der Waals surface area contributed by atoms with E-state index in [0.717, 1.165) is 17.0 Å². The average Bonchev–Trinajstić information content (AvgIpc) is 3.05. The molecule has 0 unspecified atom stereocenters. The standard InChI is InChI=1S/C19H16Cl2N2O2/c1-25-19(24)15-7-3-2-5-14(15)12-23-10-9-22-17(23)11-13-6-4-8-16(20)18(13)21/h2-10H,11-12H2,1H3. The molecular formula is C19H16Cl2N2O2. The van der Waals surface area contributed by atoms with Crippen molar-refractivity contribution in [2.24, 2.45) is 0 Å². The topological polar surface area (TPSA) is 44.1 Å². The quantitative estimate of drug-likeness (QED) is 0.612. The van der Waals surface area contributed by atoms with Crippen molar-refractivity contribution in [3.63, 3.8) is 0 Å². The van der Waals surface area contributed by atoms with Gasteiger partial charge in [-0.1, -0.05) is 53.5 Å². The van der Waals surface area contributed by atoms with Crippen LogP contribution in [-0.2, 0) is 17.7 Å². The van der Waals surface area contributed by atoms with Crippen LogP contribution in [0, 0.1) is 0 Å². The summed E-state index contributed by atoms with van der Waals surface area (Å²) in [4.78, 5) is 16.4. The Morgan fingerprint density at radius 3 is 2.68 bits per heavy atom. The van der Waals surface area contributed by atoms with Crippen LogP contribution in [0.25, 0.3) is 0 Å². The van der Waals surface area contributed by atoms with Crippen molar-refractivity contribution in [1.82, 2.24) is 9.55 Å². The molecule has 0 fully saturated rings. The summed E-state index contributed by atoms with van der Waals surface area (Å²) in [6, 6.07) is 12.9. The molecule has 4 nitrogen and oxygen atoms in total. The lowest BCUT2D eigenvalue weighted by atomic mass is 10.1. The molecule has 3 rings (SSSR count). The summed E-state index contributed by atoms with van der Waals surface area (Å²) in [5.41, 5.74) is 2.32. The lowest BCUT2D eigenvalue weighted by Crippen LogP contribution is -2.11. The number of ether oxygens (including phenoxy) is 1. The monoisotopic (exact) mass is 374 g/mol. The molecule has 0 saturated carbocycles. The molecule has 0 saturated heterocycles. The maximum absolute atomic E-state index is 11.9. The summed E-state index contributed by atoms with van der Waals surface area (Å²) in [5, 5.41) is 1.06. The number of methoxy groups -OCH3 is 1. The zero-order valence-corrected chi connectivity index (χ0v) is 15.1. The Bertz CT molecular complexity index is 906. The first-order valence-electron chi connectivity index (χ1n) is 7.69. The maximum atomic E-state index is 11.9. The normalized spacial score (nSPS) is 10.7. The molecule has 0 aliphatic heterocycles. The molecule has 0 aliphatic carbocycles. The van der Waals surface area contributed by atoms with Crippen LogP contribution in [-0.4, -0.2) is 22.6 Å².